The average Bonchev–Trinajstić information content (AvgIpc) is 1.38. The first kappa shape index (κ1) is 4.96. The van der Waals surface area contributed by atoms with E-state index < -0.39 is 0 Å². The number of hydrogen-bond donors (Lipinski definition) is 0. The Hall–Kier alpha value is -0.0400. The van der Waals surface area contributed by atoms with Crippen LogP contribution in [-0.2, 0) is 0 Å². The molecule has 5 heavy (non-hydrogen) atoms. The summed E-state index contributed by atoms with van der Waals surface area (Å²) in [7, 11) is 1.82. The number of aliphatic hydroxyl groups is 2. The summed E-state index contributed by atoms with van der Waals surface area (Å²) in [6.45, 7) is 4.11. The van der Waals surface area contributed by atoms with E-state index in [4.69, 9.17) is 0 Å². The molecule has 0 aliphatic heterocycles. The molecule has 0 saturated heterocycles. The first-order chi connectivity index (χ1) is 2.27. The fourth-order valence-electron chi connectivity index (χ4n) is 0. The third-order valence-electron chi connectivity index (χ3n) is 0.516. The van der Waals surface area contributed by atoms with Gasteiger partial charge in [0.25, 0.3) is 0 Å². The zero-order chi connectivity index (χ0) is 4.28. The van der Waals surface area contributed by atoms with Gasteiger partial charge in [0.1, 0.15) is 13.2 Å². The van der Waals surface area contributed by atoms with Crippen LogP contribution in [0.25, 0.3) is 0 Å². The summed E-state index contributed by atoms with van der Waals surface area (Å²) in [5.41, 5.74) is 0. The van der Waals surface area contributed by atoms with Crippen LogP contribution in [0.1, 0.15) is 13.8 Å². The third kappa shape index (κ3) is 3.96. The van der Waals surface area contributed by atoms with Crippen LogP contribution in [-0.4, -0.2) is 18.0 Å². The highest BCUT2D eigenvalue weighted by Gasteiger charge is 1.84. The van der Waals surface area contributed by atoms with Gasteiger partial charge in [0, 0.05) is 13.8 Å². The molecule has 0 aromatic rings. The highest BCUT2D eigenvalue weighted by molar-refractivity contribution is 4.25. The molecule has 1 nitrogen and oxygen atoms in total. The lowest BCUT2D eigenvalue weighted by Gasteiger charge is -1.91. The summed E-state index contributed by atoms with van der Waals surface area (Å²) >= 11 is 0. The Morgan fingerprint density at radius 2 is 1.60 bits per heavy atom. The minimum absolute atomic E-state index is 0.509. The Bertz CT molecular complexity index is 17.6. The van der Waals surface area contributed by atoms with Crippen molar-refractivity contribution in [1.82, 2.24) is 0 Å². The maximum absolute atomic E-state index is 3.89. The van der Waals surface area contributed by atoms with E-state index in [1.54, 1.807) is 0 Å². The second-order valence-electron chi connectivity index (χ2n) is 1.35. The van der Waals surface area contributed by atoms with Crippen molar-refractivity contribution in [1.29, 1.82) is 0 Å². The van der Waals surface area contributed by atoms with Crippen LogP contribution >= 0.6 is 0 Å². The number of hydrogen-bond acceptors (Lipinski definition) is 0. The minimum Gasteiger partial charge on any atom is -0.434 e. The summed E-state index contributed by atoms with van der Waals surface area (Å²) < 4.78 is 3.89. The van der Waals surface area contributed by atoms with Gasteiger partial charge in [0.15, 0.2) is 0 Å². The molecule has 0 aromatic heterocycles. The minimum atomic E-state index is 0.509. The molecule has 0 aliphatic carbocycles. The molecule has 0 amide bonds. The second-order valence-corrected chi connectivity index (χ2v) is 1.35. The summed E-state index contributed by atoms with van der Waals surface area (Å²) in [4.78, 5) is 0. The van der Waals surface area contributed by atoms with Crippen molar-refractivity contribution in [2.45, 2.75) is 20.0 Å². The van der Waals surface area contributed by atoms with Gasteiger partial charge in [-0.05, 0) is 0 Å². The standard InChI is InChI=1S/C4H10O/c1-4(2)5-3/h4H,1-3H3/p+1. The zero-order valence-electron chi connectivity index (χ0n) is 4.02. The molecule has 0 bridgehead atoms. The summed E-state index contributed by atoms with van der Waals surface area (Å²) in [5.74, 6) is 0. The van der Waals surface area contributed by atoms with E-state index in [1.165, 1.54) is 0 Å². The Morgan fingerprint density at radius 1 is 1.40 bits per heavy atom. The van der Waals surface area contributed by atoms with Crippen LogP contribution in [0.3, 0.4) is 0 Å². The molecule has 0 saturated carbocycles. The first-order valence-corrected chi connectivity index (χ1v) is 1.86. The lowest BCUT2D eigenvalue weighted by atomic mass is 10.5. The molecule has 1 heteroatoms. The zero-order valence-corrected chi connectivity index (χ0v) is 4.02. The quantitative estimate of drug-likeness (QED) is 0.404. The lowest BCUT2D eigenvalue weighted by Crippen LogP contribution is -2.00. The van der Waals surface area contributed by atoms with Gasteiger partial charge < -0.3 is 4.74 Å². The van der Waals surface area contributed by atoms with Gasteiger partial charge in [-0.2, -0.15) is 0 Å². The summed E-state index contributed by atoms with van der Waals surface area (Å²) in [6.07, 6.45) is 0.509. The van der Waals surface area contributed by atoms with Gasteiger partial charge in [0.05, 0.1) is 0 Å². The molecule has 0 atom stereocenters. The van der Waals surface area contributed by atoms with Crippen molar-refractivity contribution in [3.05, 3.63) is 0 Å². The molecule has 0 heterocycles. The van der Waals surface area contributed by atoms with Crippen molar-refractivity contribution in [3.63, 3.8) is 0 Å². The molecule has 0 radical (unpaired) electrons. The SMILES string of the molecule is C[OH+]C(C)C. The van der Waals surface area contributed by atoms with Crippen LogP contribution in [0, 0.1) is 0 Å². The second kappa shape index (κ2) is 2.21. The van der Waals surface area contributed by atoms with Gasteiger partial charge in [-0.15, -0.1) is 0 Å². The monoisotopic (exact) mass is 75.1 g/mol. The molecule has 32 valence electrons. The smallest absolute Gasteiger partial charge is 0.148 e. The van der Waals surface area contributed by atoms with E-state index in [2.05, 4.69) is 18.6 Å². The molecule has 0 aliphatic rings. The number of ether oxygens (including phenoxy) is 1. The molecule has 1 N–H and O–H groups in total. The molecule has 0 aromatic carbocycles. The Balaban J connectivity index is 2.54. The van der Waals surface area contributed by atoms with E-state index in [0.29, 0.717) is 6.10 Å². The topological polar surface area (TPSA) is 12.8 Å². The molecule has 0 spiro atoms. The Morgan fingerprint density at radius 3 is 1.60 bits per heavy atom. The van der Waals surface area contributed by atoms with Gasteiger partial charge in [0.2, 0.25) is 0 Å². The van der Waals surface area contributed by atoms with Crippen molar-refractivity contribution in [2.24, 2.45) is 0 Å². The number of rotatable bonds is 1. The fraction of sp³-hybridized carbons (Fsp3) is 1.00. The van der Waals surface area contributed by atoms with Crippen molar-refractivity contribution < 1.29 is 4.74 Å². The van der Waals surface area contributed by atoms with E-state index in [-0.39, 0.29) is 0 Å². The Labute approximate surface area is 32.9 Å². The van der Waals surface area contributed by atoms with Crippen LogP contribution in [0.5, 0.6) is 0 Å². The third-order valence-corrected chi connectivity index (χ3v) is 0.516. The van der Waals surface area contributed by atoms with Crippen LogP contribution in [0.4, 0.5) is 0 Å². The Kier molecular flexibility index (Phi) is 2.19. The maximum Gasteiger partial charge on any atom is 0.148 e. The largest absolute Gasteiger partial charge is 0.434 e. The predicted molar refractivity (Wildman–Crippen MR) is 23.3 cm³/mol. The summed E-state index contributed by atoms with van der Waals surface area (Å²) in [5, 5.41) is 0. The van der Waals surface area contributed by atoms with Crippen molar-refractivity contribution in [2.75, 3.05) is 7.11 Å². The lowest BCUT2D eigenvalue weighted by molar-refractivity contribution is -0.0381. The molecular formula is C4H11O+. The van der Waals surface area contributed by atoms with Crippen LogP contribution in [0.2, 0.25) is 0 Å². The van der Waals surface area contributed by atoms with Gasteiger partial charge in [-0.25, -0.2) is 0 Å². The van der Waals surface area contributed by atoms with Crippen LogP contribution < -0.4 is 0 Å². The van der Waals surface area contributed by atoms with Gasteiger partial charge >= 0.3 is 0 Å². The van der Waals surface area contributed by atoms with Gasteiger partial charge in [-0.1, -0.05) is 0 Å². The molecular weight excluding hydrogens is 64.0 g/mol. The van der Waals surface area contributed by atoms with Gasteiger partial charge in [-0.3, -0.25) is 0 Å². The molecule has 0 fully saturated rings. The summed E-state index contributed by atoms with van der Waals surface area (Å²) in [6, 6.07) is 0. The fourth-order valence-corrected chi connectivity index (χ4v) is 0. The van der Waals surface area contributed by atoms with E-state index in [1.807, 2.05) is 7.11 Å². The normalized spacial score (nSPS) is 9.60. The molecule has 0 rings (SSSR count). The highest BCUT2D eigenvalue weighted by atomic mass is 16.5. The average molecular weight is 75.1 g/mol. The molecule has 0 unspecified atom stereocenters. The van der Waals surface area contributed by atoms with Crippen molar-refractivity contribution in [3.8, 4) is 0 Å². The highest BCUT2D eigenvalue weighted by Crippen LogP contribution is 1.73. The van der Waals surface area contributed by atoms with E-state index in [0.717, 1.165) is 0 Å². The maximum atomic E-state index is 3.89. The van der Waals surface area contributed by atoms with Crippen LogP contribution in [0.15, 0.2) is 0 Å². The van der Waals surface area contributed by atoms with E-state index in [9.17, 15) is 0 Å². The predicted octanol–water partition coefficient (Wildman–Crippen LogP) is 0.553. The van der Waals surface area contributed by atoms with Crippen molar-refractivity contribution >= 4 is 0 Å². The first-order valence-electron chi connectivity index (χ1n) is 1.86. The van der Waals surface area contributed by atoms with E-state index >= 15 is 0 Å².